The number of alkyl halides is 3. The molecule has 1 heterocycles. The van der Waals surface area contributed by atoms with Crippen molar-refractivity contribution in [3.05, 3.63) is 88.6 Å². The number of benzene rings is 2. The summed E-state index contributed by atoms with van der Waals surface area (Å²) in [6.45, 7) is 0.239. The monoisotopic (exact) mass is 390 g/mol. The maximum absolute atomic E-state index is 12.8. The molecule has 0 bridgehead atoms. The lowest BCUT2D eigenvalue weighted by Gasteiger charge is -2.08. The summed E-state index contributed by atoms with van der Waals surface area (Å²) < 4.78 is 38.4. The minimum Gasteiger partial charge on any atom is -0.391 e. The molecule has 3 nitrogen and oxygen atoms in total. The van der Waals surface area contributed by atoms with Crippen LogP contribution in [0.2, 0.25) is 5.02 Å². The average Bonchev–Trinajstić information content (AvgIpc) is 2.66. The van der Waals surface area contributed by atoms with Gasteiger partial charge in [-0.15, -0.1) is 0 Å². The summed E-state index contributed by atoms with van der Waals surface area (Å²) in [5, 5.41) is 4.48. The standard InChI is InChI=1S/C20H14ClF3N2O/c21-18-4-2-1-3-16(18)13-27-26-12-14-5-7-15(8-6-14)19-11-17(9-10-25-19)20(22,23)24/h1-12H,13H2. The van der Waals surface area contributed by atoms with Gasteiger partial charge in [-0.3, -0.25) is 4.98 Å². The molecule has 0 unspecified atom stereocenters. The molecule has 0 amide bonds. The maximum Gasteiger partial charge on any atom is 0.416 e. The second-order valence-electron chi connectivity index (χ2n) is 5.65. The lowest BCUT2D eigenvalue weighted by Crippen LogP contribution is -2.05. The molecule has 2 aromatic carbocycles. The van der Waals surface area contributed by atoms with Crippen LogP contribution in [0.15, 0.2) is 72.0 Å². The first-order chi connectivity index (χ1) is 12.9. The third kappa shape index (κ3) is 5.08. The zero-order valence-corrected chi connectivity index (χ0v) is 14.7. The van der Waals surface area contributed by atoms with Gasteiger partial charge in [-0.05, 0) is 23.8 Å². The minimum absolute atomic E-state index is 0.239. The number of nitrogens with zero attached hydrogens (tertiary/aromatic N) is 2. The van der Waals surface area contributed by atoms with Crippen molar-refractivity contribution in [1.29, 1.82) is 0 Å². The molecule has 0 aliphatic carbocycles. The van der Waals surface area contributed by atoms with Gasteiger partial charge in [0.2, 0.25) is 0 Å². The molecular weight excluding hydrogens is 377 g/mol. The van der Waals surface area contributed by atoms with E-state index in [9.17, 15) is 13.2 Å². The highest BCUT2D eigenvalue weighted by Crippen LogP contribution is 2.31. The first kappa shape index (κ1) is 18.9. The fourth-order valence-corrected chi connectivity index (χ4v) is 2.52. The first-order valence-corrected chi connectivity index (χ1v) is 8.34. The Bertz CT molecular complexity index is 940. The van der Waals surface area contributed by atoms with Gasteiger partial charge in [-0.25, -0.2) is 0 Å². The molecule has 0 N–H and O–H groups in total. The van der Waals surface area contributed by atoms with E-state index in [0.717, 1.165) is 29.5 Å². The van der Waals surface area contributed by atoms with Crippen molar-refractivity contribution in [1.82, 2.24) is 4.98 Å². The van der Waals surface area contributed by atoms with Gasteiger partial charge in [-0.1, -0.05) is 59.2 Å². The number of pyridine rings is 1. The minimum atomic E-state index is -4.40. The molecule has 3 rings (SSSR count). The van der Waals surface area contributed by atoms with E-state index in [-0.39, 0.29) is 12.3 Å². The van der Waals surface area contributed by atoms with Crippen LogP contribution >= 0.6 is 11.6 Å². The average molecular weight is 391 g/mol. The Kier molecular flexibility index (Phi) is 5.76. The molecule has 27 heavy (non-hydrogen) atoms. The zero-order valence-electron chi connectivity index (χ0n) is 13.9. The van der Waals surface area contributed by atoms with Gasteiger partial charge in [0, 0.05) is 22.3 Å². The Balaban J connectivity index is 1.64. The summed E-state index contributed by atoms with van der Waals surface area (Å²) >= 11 is 6.03. The van der Waals surface area contributed by atoms with Gasteiger partial charge in [0.05, 0.1) is 17.5 Å². The Morgan fingerprint density at radius 3 is 2.48 bits per heavy atom. The summed E-state index contributed by atoms with van der Waals surface area (Å²) in [5.41, 5.74) is 1.66. The molecule has 0 saturated heterocycles. The van der Waals surface area contributed by atoms with Crippen molar-refractivity contribution in [3.8, 4) is 11.3 Å². The normalized spacial score (nSPS) is 11.7. The lowest BCUT2D eigenvalue weighted by atomic mass is 10.1. The van der Waals surface area contributed by atoms with Crippen LogP contribution in [0.3, 0.4) is 0 Å². The largest absolute Gasteiger partial charge is 0.416 e. The van der Waals surface area contributed by atoms with E-state index in [2.05, 4.69) is 10.1 Å². The second kappa shape index (κ2) is 8.22. The van der Waals surface area contributed by atoms with Gasteiger partial charge in [0.15, 0.2) is 0 Å². The van der Waals surface area contributed by atoms with Crippen molar-refractivity contribution in [3.63, 3.8) is 0 Å². The Morgan fingerprint density at radius 2 is 1.78 bits per heavy atom. The van der Waals surface area contributed by atoms with Gasteiger partial charge in [0.25, 0.3) is 0 Å². The fraction of sp³-hybridized carbons (Fsp3) is 0.100. The molecule has 0 aliphatic rings. The SMILES string of the molecule is FC(F)(F)c1ccnc(-c2ccc(C=NOCc3ccccc3Cl)cc2)c1. The smallest absolute Gasteiger partial charge is 0.391 e. The molecule has 0 aliphatic heterocycles. The molecule has 0 fully saturated rings. The molecular formula is C20H14ClF3N2O. The van der Waals surface area contributed by atoms with Crippen molar-refractivity contribution in [2.45, 2.75) is 12.8 Å². The van der Waals surface area contributed by atoms with E-state index >= 15 is 0 Å². The van der Waals surface area contributed by atoms with Crippen LogP contribution in [0.4, 0.5) is 13.2 Å². The van der Waals surface area contributed by atoms with Crippen molar-refractivity contribution in [2.75, 3.05) is 0 Å². The second-order valence-corrected chi connectivity index (χ2v) is 6.06. The van der Waals surface area contributed by atoms with Gasteiger partial charge in [0.1, 0.15) is 6.61 Å². The predicted octanol–water partition coefficient (Wildman–Crippen LogP) is 5.97. The van der Waals surface area contributed by atoms with Crippen molar-refractivity contribution < 1.29 is 18.0 Å². The molecule has 7 heteroatoms. The molecule has 138 valence electrons. The highest BCUT2D eigenvalue weighted by Gasteiger charge is 2.30. The zero-order chi connectivity index (χ0) is 19.3. The maximum atomic E-state index is 12.8. The Labute approximate surface area is 159 Å². The number of hydrogen-bond donors (Lipinski definition) is 0. The third-order valence-electron chi connectivity index (χ3n) is 3.75. The van der Waals surface area contributed by atoms with Crippen LogP contribution < -0.4 is 0 Å². The number of halogens is 4. The molecule has 1 aromatic heterocycles. The number of aromatic nitrogens is 1. The molecule has 0 radical (unpaired) electrons. The van der Waals surface area contributed by atoms with Crippen molar-refractivity contribution >= 4 is 17.8 Å². The molecule has 0 saturated carbocycles. The van der Waals surface area contributed by atoms with E-state index in [4.69, 9.17) is 16.4 Å². The van der Waals surface area contributed by atoms with Crippen LogP contribution in [0.1, 0.15) is 16.7 Å². The number of rotatable bonds is 5. The van der Waals surface area contributed by atoms with E-state index < -0.39 is 11.7 Å². The Morgan fingerprint density at radius 1 is 1.04 bits per heavy atom. The molecule has 0 atom stereocenters. The summed E-state index contributed by atoms with van der Waals surface area (Å²) in [7, 11) is 0. The molecule has 0 spiro atoms. The summed E-state index contributed by atoms with van der Waals surface area (Å²) in [6.07, 6.45) is -1.74. The summed E-state index contributed by atoms with van der Waals surface area (Å²) in [4.78, 5) is 9.22. The van der Waals surface area contributed by atoms with Gasteiger partial charge < -0.3 is 4.84 Å². The van der Waals surface area contributed by atoms with Crippen LogP contribution in [0.5, 0.6) is 0 Å². The predicted molar refractivity (Wildman–Crippen MR) is 98.5 cm³/mol. The van der Waals surface area contributed by atoms with Crippen LogP contribution in [0.25, 0.3) is 11.3 Å². The Hall–Kier alpha value is -2.86. The van der Waals surface area contributed by atoms with E-state index in [1.807, 2.05) is 18.2 Å². The number of hydrogen-bond acceptors (Lipinski definition) is 3. The number of oxime groups is 1. The molecule has 3 aromatic rings. The fourth-order valence-electron chi connectivity index (χ4n) is 2.33. The first-order valence-electron chi connectivity index (χ1n) is 7.96. The van der Waals surface area contributed by atoms with Crippen LogP contribution in [-0.2, 0) is 17.6 Å². The van der Waals surface area contributed by atoms with Crippen LogP contribution in [-0.4, -0.2) is 11.2 Å². The highest BCUT2D eigenvalue weighted by atomic mass is 35.5. The quantitative estimate of drug-likeness (QED) is 0.397. The summed E-state index contributed by atoms with van der Waals surface area (Å²) in [5.74, 6) is 0. The summed E-state index contributed by atoms with van der Waals surface area (Å²) in [6, 6.07) is 16.1. The van der Waals surface area contributed by atoms with Gasteiger partial charge in [-0.2, -0.15) is 13.2 Å². The van der Waals surface area contributed by atoms with E-state index in [1.54, 1.807) is 30.3 Å². The van der Waals surface area contributed by atoms with E-state index in [1.165, 1.54) is 6.21 Å². The topological polar surface area (TPSA) is 34.5 Å². The van der Waals surface area contributed by atoms with Gasteiger partial charge >= 0.3 is 6.18 Å². The lowest BCUT2D eigenvalue weighted by molar-refractivity contribution is -0.137. The third-order valence-corrected chi connectivity index (χ3v) is 4.12. The van der Waals surface area contributed by atoms with Crippen LogP contribution in [0, 0.1) is 0 Å². The van der Waals surface area contributed by atoms with Crippen molar-refractivity contribution in [2.24, 2.45) is 5.16 Å². The highest BCUT2D eigenvalue weighted by molar-refractivity contribution is 6.31. The van der Waals surface area contributed by atoms with E-state index in [0.29, 0.717) is 10.6 Å².